The fourth-order valence-corrected chi connectivity index (χ4v) is 5.32. The molecule has 0 bridgehead atoms. The summed E-state index contributed by atoms with van der Waals surface area (Å²) in [4.78, 5) is 60.4. The SMILES string of the molecule is CC[C@H]1CN(c2ccc(C(=O)OC)nc2)CCN1C(=O)OC(C)(C)C.CC[C@H]1CNCCN1C(=O)OC(C)(C)C.COC(=O)c1ccc(Br)cn1.Cl. The minimum Gasteiger partial charge on any atom is -0.464 e. The molecule has 1 N–H and O–H groups in total. The van der Waals surface area contributed by atoms with E-state index in [9.17, 15) is 19.2 Å². The molecule has 2 fully saturated rings. The third-order valence-corrected chi connectivity index (χ3v) is 8.13. The van der Waals surface area contributed by atoms with Gasteiger partial charge in [-0.1, -0.05) is 13.8 Å². The van der Waals surface area contributed by atoms with Gasteiger partial charge >= 0.3 is 24.1 Å². The van der Waals surface area contributed by atoms with Gasteiger partial charge in [0.25, 0.3) is 0 Å². The summed E-state index contributed by atoms with van der Waals surface area (Å²) in [5, 5.41) is 3.28. The van der Waals surface area contributed by atoms with Crippen molar-refractivity contribution in [1.29, 1.82) is 0 Å². The molecule has 2 atom stereocenters. The number of nitrogens with zero attached hydrogens (tertiary/aromatic N) is 5. The minimum atomic E-state index is -0.500. The van der Waals surface area contributed by atoms with Crippen molar-refractivity contribution < 1.29 is 38.1 Å². The molecule has 0 radical (unpaired) electrons. The van der Waals surface area contributed by atoms with E-state index in [2.05, 4.69) is 59.4 Å². The second kappa shape index (κ2) is 21.7. The monoisotopic (exact) mass is 814 g/mol. The number of hydrogen-bond acceptors (Lipinski definition) is 12. The molecule has 0 aliphatic carbocycles. The Hall–Kier alpha value is -3.69. The van der Waals surface area contributed by atoms with E-state index in [-0.39, 0.29) is 42.4 Å². The molecule has 0 aromatic carbocycles. The van der Waals surface area contributed by atoms with Crippen molar-refractivity contribution in [2.24, 2.45) is 0 Å². The Balaban J connectivity index is 0.000000426. The number of carbonyl (C=O) groups excluding carboxylic acids is 4. The van der Waals surface area contributed by atoms with Gasteiger partial charge in [-0.3, -0.25) is 0 Å². The van der Waals surface area contributed by atoms with Crippen LogP contribution < -0.4 is 10.2 Å². The van der Waals surface area contributed by atoms with Crippen LogP contribution in [-0.2, 0) is 18.9 Å². The predicted octanol–water partition coefficient (Wildman–Crippen LogP) is 6.36. The molecule has 14 nitrogen and oxygen atoms in total. The van der Waals surface area contributed by atoms with Crippen LogP contribution in [0.4, 0.5) is 15.3 Å². The van der Waals surface area contributed by atoms with E-state index in [0.717, 1.165) is 42.6 Å². The van der Waals surface area contributed by atoms with Gasteiger partial charge in [-0.2, -0.15) is 0 Å². The molecule has 292 valence electrons. The lowest BCUT2D eigenvalue weighted by molar-refractivity contribution is 0.0112. The molecule has 2 aromatic heterocycles. The van der Waals surface area contributed by atoms with E-state index in [1.165, 1.54) is 14.2 Å². The van der Waals surface area contributed by atoms with E-state index >= 15 is 0 Å². The highest BCUT2D eigenvalue weighted by Crippen LogP contribution is 2.22. The van der Waals surface area contributed by atoms with Crippen molar-refractivity contribution in [3.05, 3.63) is 52.5 Å². The van der Waals surface area contributed by atoms with Crippen molar-refractivity contribution >= 4 is 58.1 Å². The van der Waals surface area contributed by atoms with Crippen LogP contribution in [0.1, 0.15) is 89.2 Å². The van der Waals surface area contributed by atoms with Gasteiger partial charge in [-0.25, -0.2) is 29.1 Å². The van der Waals surface area contributed by atoms with E-state index in [1.807, 2.05) is 52.5 Å². The Morgan fingerprint density at radius 2 is 1.27 bits per heavy atom. The maximum Gasteiger partial charge on any atom is 0.410 e. The maximum atomic E-state index is 12.4. The summed E-state index contributed by atoms with van der Waals surface area (Å²) in [5.74, 6) is -0.870. The first-order chi connectivity index (χ1) is 23.9. The van der Waals surface area contributed by atoms with Gasteiger partial charge in [0, 0.05) is 56.0 Å². The first kappa shape index (κ1) is 46.3. The highest BCUT2D eigenvalue weighted by atomic mass is 79.9. The molecular weight excluding hydrogens is 760 g/mol. The van der Waals surface area contributed by atoms with Gasteiger partial charge in [0.05, 0.1) is 32.1 Å². The zero-order valence-corrected chi connectivity index (χ0v) is 34.5. The van der Waals surface area contributed by atoms with Crippen LogP contribution in [0.5, 0.6) is 0 Å². The molecule has 52 heavy (non-hydrogen) atoms. The lowest BCUT2D eigenvalue weighted by atomic mass is 10.1. The Kier molecular flexibility index (Phi) is 19.4. The van der Waals surface area contributed by atoms with E-state index < -0.39 is 23.1 Å². The topological polar surface area (TPSA) is 153 Å². The van der Waals surface area contributed by atoms with Crippen LogP contribution in [-0.4, -0.2) is 121 Å². The van der Waals surface area contributed by atoms with Crippen LogP contribution in [0.2, 0.25) is 0 Å². The number of halogens is 2. The average molecular weight is 816 g/mol. The smallest absolute Gasteiger partial charge is 0.410 e. The van der Waals surface area contributed by atoms with Crippen molar-refractivity contribution in [1.82, 2.24) is 25.1 Å². The summed E-state index contributed by atoms with van der Waals surface area (Å²) < 4.78 is 20.8. The van der Waals surface area contributed by atoms with E-state index in [0.29, 0.717) is 25.3 Å². The number of amides is 2. The van der Waals surface area contributed by atoms with Crippen molar-refractivity contribution in [3.63, 3.8) is 0 Å². The predicted molar refractivity (Wildman–Crippen MR) is 205 cm³/mol. The Bertz CT molecular complexity index is 1420. The summed E-state index contributed by atoms with van der Waals surface area (Å²) in [7, 11) is 2.66. The molecule has 2 aromatic rings. The number of nitrogens with one attached hydrogen (secondary N) is 1. The second-order valence-corrected chi connectivity index (χ2v) is 14.8. The molecule has 2 aliphatic heterocycles. The highest BCUT2D eigenvalue weighted by Gasteiger charge is 2.33. The molecule has 4 rings (SSSR count). The van der Waals surface area contributed by atoms with Crippen LogP contribution in [0.3, 0.4) is 0 Å². The number of ether oxygens (including phenoxy) is 4. The third-order valence-electron chi connectivity index (χ3n) is 7.66. The molecule has 2 saturated heterocycles. The number of rotatable bonds is 5. The molecule has 16 heteroatoms. The maximum absolute atomic E-state index is 12.4. The summed E-state index contributed by atoms with van der Waals surface area (Å²) in [5.41, 5.74) is 0.622. The fraction of sp³-hybridized carbons (Fsp3) is 0.611. The Labute approximate surface area is 322 Å². The standard InChI is InChI=1S/C18H27N3O4.C11H22N2O2.C7H6BrNO2.ClH/c1-6-13-12-20(9-10-21(13)17(23)25-18(2,3)4)14-7-8-15(19-11-14)16(22)24-5;1-5-9-8-12-6-7-13(9)10(14)15-11(2,3)4;1-11-7(10)6-3-2-5(8)4-9-6;/h7-8,11,13H,6,9-10,12H2,1-5H3;9,12H,5-8H2,1-4H3;2-4H,1H3;1H/t13-;9-;;/m00../s1. The Morgan fingerprint density at radius 1 is 0.769 bits per heavy atom. The fourth-order valence-electron chi connectivity index (χ4n) is 5.09. The zero-order valence-electron chi connectivity index (χ0n) is 32.1. The van der Waals surface area contributed by atoms with Gasteiger partial charge in [-0.05, 0) is 94.6 Å². The summed E-state index contributed by atoms with van der Waals surface area (Å²) in [6.07, 6.45) is 4.57. The van der Waals surface area contributed by atoms with Crippen molar-refractivity contribution in [3.8, 4) is 0 Å². The molecule has 4 heterocycles. The van der Waals surface area contributed by atoms with E-state index in [1.54, 1.807) is 35.5 Å². The molecule has 0 unspecified atom stereocenters. The number of hydrogen-bond donors (Lipinski definition) is 1. The number of anilines is 1. The lowest BCUT2D eigenvalue weighted by Gasteiger charge is -2.42. The number of aromatic nitrogens is 2. The third kappa shape index (κ3) is 15.5. The van der Waals surface area contributed by atoms with Crippen LogP contribution in [0.15, 0.2) is 41.1 Å². The normalized spacial score (nSPS) is 17.2. The number of carbonyl (C=O) groups is 4. The number of pyridine rings is 2. The number of piperazine rings is 2. The number of methoxy groups -OCH3 is 2. The van der Waals surface area contributed by atoms with Crippen molar-refractivity contribution in [2.45, 2.75) is 91.5 Å². The first-order valence-corrected chi connectivity index (χ1v) is 17.9. The quantitative estimate of drug-likeness (QED) is 0.264. The largest absolute Gasteiger partial charge is 0.464 e. The van der Waals surface area contributed by atoms with E-state index in [4.69, 9.17) is 9.47 Å². The summed E-state index contributed by atoms with van der Waals surface area (Å²) in [6.45, 7) is 19.9. The average Bonchev–Trinajstić information content (AvgIpc) is 3.10. The lowest BCUT2D eigenvalue weighted by Crippen LogP contribution is -2.56. The zero-order chi connectivity index (χ0) is 38.4. The molecule has 0 saturated carbocycles. The number of esters is 2. The molecule has 0 spiro atoms. The summed E-state index contributed by atoms with van der Waals surface area (Å²) in [6, 6.07) is 7.18. The van der Waals surface area contributed by atoms with Crippen LogP contribution in [0, 0.1) is 0 Å². The van der Waals surface area contributed by atoms with Gasteiger partial charge in [0.1, 0.15) is 22.6 Å². The van der Waals surface area contributed by atoms with Gasteiger partial charge in [-0.15, -0.1) is 12.4 Å². The second-order valence-electron chi connectivity index (χ2n) is 13.9. The molecule has 2 aliphatic rings. The van der Waals surface area contributed by atoms with Crippen LogP contribution in [0.25, 0.3) is 0 Å². The first-order valence-electron chi connectivity index (χ1n) is 17.1. The molecular formula is C36H56BrClN6O8. The Morgan fingerprint density at radius 3 is 1.69 bits per heavy atom. The van der Waals surface area contributed by atoms with Gasteiger partial charge in [0.15, 0.2) is 0 Å². The molecule has 2 amide bonds. The minimum absolute atomic E-state index is 0. The van der Waals surface area contributed by atoms with Gasteiger partial charge < -0.3 is 39.0 Å². The summed E-state index contributed by atoms with van der Waals surface area (Å²) >= 11 is 3.20. The van der Waals surface area contributed by atoms with Gasteiger partial charge in [0.2, 0.25) is 0 Å². The van der Waals surface area contributed by atoms with Crippen molar-refractivity contribution in [2.75, 3.05) is 58.4 Å². The highest BCUT2D eigenvalue weighted by molar-refractivity contribution is 9.10. The van der Waals surface area contributed by atoms with Crippen LogP contribution >= 0.6 is 28.3 Å².